The number of rotatable bonds is 4. The maximum atomic E-state index is 9.55. The molecule has 0 aliphatic heterocycles. The van der Waals surface area contributed by atoms with E-state index in [0.717, 1.165) is 23.5 Å². The van der Waals surface area contributed by atoms with Gasteiger partial charge in [0.1, 0.15) is 12.2 Å². The molecule has 0 bridgehead atoms. The van der Waals surface area contributed by atoms with Gasteiger partial charge in [-0.15, -0.1) is 0 Å². The van der Waals surface area contributed by atoms with E-state index in [9.17, 15) is 10.2 Å². The molecular weight excluding hydrogens is 184 g/mol. The molecule has 1 aliphatic rings. The van der Waals surface area contributed by atoms with Crippen molar-refractivity contribution in [2.45, 2.75) is 25.6 Å². The van der Waals surface area contributed by atoms with E-state index in [1.54, 1.807) is 23.9 Å². The summed E-state index contributed by atoms with van der Waals surface area (Å²) in [6, 6.07) is 0. The van der Waals surface area contributed by atoms with Gasteiger partial charge in [-0.05, 0) is 17.7 Å². The summed E-state index contributed by atoms with van der Waals surface area (Å²) < 4.78 is 0. The largest absolute Gasteiger partial charge is 0.386 e. The molecule has 0 aromatic rings. The predicted molar refractivity (Wildman–Crippen MR) is 56.9 cm³/mol. The molecule has 1 rings (SSSR count). The molecular formula is C10H16O2S. The van der Waals surface area contributed by atoms with Gasteiger partial charge in [-0.1, -0.05) is 25.2 Å². The zero-order chi connectivity index (χ0) is 9.68. The predicted octanol–water partition coefficient (Wildman–Crippen LogP) is 1.35. The van der Waals surface area contributed by atoms with Crippen LogP contribution in [0.3, 0.4) is 0 Å². The Kier molecular flexibility index (Phi) is 4.56. The zero-order valence-electron chi connectivity index (χ0n) is 7.81. The van der Waals surface area contributed by atoms with Crippen LogP contribution >= 0.6 is 11.8 Å². The molecule has 0 heterocycles. The Morgan fingerprint density at radius 3 is 2.92 bits per heavy atom. The molecule has 1 aliphatic carbocycles. The van der Waals surface area contributed by atoms with Crippen molar-refractivity contribution in [3.05, 3.63) is 23.8 Å². The number of hydrogen-bond acceptors (Lipinski definition) is 3. The van der Waals surface area contributed by atoms with Crippen LogP contribution in [0, 0.1) is 0 Å². The Labute approximate surface area is 83.4 Å². The van der Waals surface area contributed by atoms with E-state index in [4.69, 9.17) is 0 Å². The summed E-state index contributed by atoms with van der Waals surface area (Å²) in [7, 11) is 0. The maximum absolute atomic E-state index is 9.55. The van der Waals surface area contributed by atoms with Crippen LogP contribution in [0.5, 0.6) is 0 Å². The van der Waals surface area contributed by atoms with Gasteiger partial charge in [0.15, 0.2) is 0 Å². The van der Waals surface area contributed by atoms with Gasteiger partial charge >= 0.3 is 0 Å². The first kappa shape index (κ1) is 10.8. The number of thioether (sulfide) groups is 1. The van der Waals surface area contributed by atoms with E-state index in [2.05, 4.69) is 6.92 Å². The minimum Gasteiger partial charge on any atom is -0.386 e. The van der Waals surface area contributed by atoms with E-state index in [0.29, 0.717) is 0 Å². The van der Waals surface area contributed by atoms with Gasteiger partial charge in [0.2, 0.25) is 0 Å². The lowest BCUT2D eigenvalue weighted by molar-refractivity contribution is 0.0719. The molecule has 13 heavy (non-hydrogen) atoms. The first-order valence-electron chi connectivity index (χ1n) is 4.57. The van der Waals surface area contributed by atoms with Gasteiger partial charge < -0.3 is 10.2 Å². The molecule has 2 nitrogen and oxygen atoms in total. The third-order valence-corrected chi connectivity index (χ3v) is 3.17. The van der Waals surface area contributed by atoms with Crippen molar-refractivity contribution in [1.82, 2.24) is 0 Å². The van der Waals surface area contributed by atoms with E-state index in [-0.39, 0.29) is 0 Å². The van der Waals surface area contributed by atoms with Gasteiger partial charge in [0, 0.05) is 5.75 Å². The van der Waals surface area contributed by atoms with E-state index in [1.165, 1.54) is 0 Å². The van der Waals surface area contributed by atoms with Crippen molar-refractivity contribution in [1.29, 1.82) is 0 Å². The lowest BCUT2D eigenvalue weighted by Gasteiger charge is -2.20. The molecule has 0 saturated heterocycles. The normalized spacial score (nSPS) is 27.5. The highest BCUT2D eigenvalue weighted by atomic mass is 32.2. The quantitative estimate of drug-likeness (QED) is 0.673. The highest BCUT2D eigenvalue weighted by Gasteiger charge is 2.19. The van der Waals surface area contributed by atoms with Gasteiger partial charge in [-0.3, -0.25) is 0 Å². The Bertz CT molecular complexity index is 211. The fraction of sp³-hybridized carbons (Fsp3) is 0.600. The number of aliphatic hydroxyl groups is 2. The van der Waals surface area contributed by atoms with Crippen molar-refractivity contribution >= 4 is 11.8 Å². The number of aliphatic hydroxyl groups excluding tert-OH is 2. The molecule has 0 fully saturated rings. The van der Waals surface area contributed by atoms with Crippen molar-refractivity contribution in [3.63, 3.8) is 0 Å². The van der Waals surface area contributed by atoms with Crippen LogP contribution < -0.4 is 0 Å². The number of hydrogen-bond donors (Lipinski definition) is 2. The summed E-state index contributed by atoms with van der Waals surface area (Å²) in [4.78, 5) is 0. The Morgan fingerprint density at radius 2 is 2.23 bits per heavy atom. The van der Waals surface area contributed by atoms with Crippen LogP contribution in [0.1, 0.15) is 13.3 Å². The minimum atomic E-state index is -0.720. The SMILES string of the molecule is CCCSCC1=CC=C[C@H](O)[C@@H]1O. The molecule has 0 unspecified atom stereocenters. The molecule has 3 heteroatoms. The van der Waals surface area contributed by atoms with Crippen molar-refractivity contribution in [3.8, 4) is 0 Å². The standard InChI is InChI=1S/C10H16O2S/c1-2-6-13-7-8-4-3-5-9(11)10(8)12/h3-5,9-12H,2,6-7H2,1H3/t9-,10+/m0/s1. The molecule has 74 valence electrons. The van der Waals surface area contributed by atoms with Crippen LogP contribution in [-0.4, -0.2) is 33.9 Å². The molecule has 0 amide bonds. The van der Waals surface area contributed by atoms with E-state index in [1.807, 2.05) is 6.08 Å². The fourth-order valence-corrected chi connectivity index (χ4v) is 2.12. The summed E-state index contributed by atoms with van der Waals surface area (Å²) in [5.74, 6) is 1.92. The maximum Gasteiger partial charge on any atom is 0.106 e. The summed E-state index contributed by atoms with van der Waals surface area (Å²) in [5.41, 5.74) is 0.924. The second kappa shape index (κ2) is 5.47. The summed E-state index contributed by atoms with van der Waals surface area (Å²) in [5, 5.41) is 18.9. The van der Waals surface area contributed by atoms with Crippen LogP contribution in [0.25, 0.3) is 0 Å². The molecule has 2 atom stereocenters. The van der Waals surface area contributed by atoms with Gasteiger partial charge in [-0.25, -0.2) is 0 Å². The zero-order valence-corrected chi connectivity index (χ0v) is 8.63. The molecule has 0 aromatic carbocycles. The molecule has 0 spiro atoms. The lowest BCUT2D eigenvalue weighted by Crippen LogP contribution is -2.28. The third kappa shape index (κ3) is 3.18. The molecule has 0 radical (unpaired) electrons. The summed E-state index contributed by atoms with van der Waals surface area (Å²) in [6.45, 7) is 2.13. The monoisotopic (exact) mass is 200 g/mol. The highest BCUT2D eigenvalue weighted by molar-refractivity contribution is 7.99. The van der Waals surface area contributed by atoms with Crippen molar-refractivity contribution in [2.75, 3.05) is 11.5 Å². The van der Waals surface area contributed by atoms with Gasteiger partial charge in [0.05, 0.1) is 0 Å². The Morgan fingerprint density at radius 1 is 1.46 bits per heavy atom. The van der Waals surface area contributed by atoms with Gasteiger partial charge in [-0.2, -0.15) is 11.8 Å². The Hall–Kier alpha value is -0.250. The summed E-state index contributed by atoms with van der Waals surface area (Å²) >= 11 is 1.79. The molecule has 2 N–H and O–H groups in total. The van der Waals surface area contributed by atoms with Crippen LogP contribution in [0.15, 0.2) is 23.8 Å². The second-order valence-electron chi connectivity index (χ2n) is 3.11. The van der Waals surface area contributed by atoms with Crippen molar-refractivity contribution in [2.24, 2.45) is 0 Å². The second-order valence-corrected chi connectivity index (χ2v) is 4.22. The van der Waals surface area contributed by atoms with Crippen LogP contribution in [0.2, 0.25) is 0 Å². The first-order valence-corrected chi connectivity index (χ1v) is 5.72. The minimum absolute atomic E-state index is 0.700. The first-order chi connectivity index (χ1) is 6.25. The average molecular weight is 200 g/mol. The van der Waals surface area contributed by atoms with E-state index < -0.39 is 12.2 Å². The fourth-order valence-electron chi connectivity index (χ4n) is 1.18. The highest BCUT2D eigenvalue weighted by Crippen LogP contribution is 2.18. The summed E-state index contributed by atoms with van der Waals surface area (Å²) in [6.07, 6.45) is 5.03. The molecule has 0 saturated carbocycles. The number of allylic oxidation sites excluding steroid dienone is 2. The topological polar surface area (TPSA) is 40.5 Å². The smallest absolute Gasteiger partial charge is 0.106 e. The molecule has 0 aromatic heterocycles. The average Bonchev–Trinajstić information content (AvgIpc) is 2.13. The van der Waals surface area contributed by atoms with Crippen molar-refractivity contribution < 1.29 is 10.2 Å². The van der Waals surface area contributed by atoms with E-state index >= 15 is 0 Å². The Balaban J connectivity index is 2.39. The van der Waals surface area contributed by atoms with Gasteiger partial charge in [0.25, 0.3) is 0 Å². The lowest BCUT2D eigenvalue weighted by atomic mass is 10.0. The third-order valence-electron chi connectivity index (χ3n) is 1.94. The van der Waals surface area contributed by atoms with Crippen LogP contribution in [0.4, 0.5) is 0 Å². The van der Waals surface area contributed by atoms with Crippen LogP contribution in [-0.2, 0) is 0 Å².